The van der Waals surface area contributed by atoms with Gasteiger partial charge in [-0.05, 0) is 172 Å². The van der Waals surface area contributed by atoms with Gasteiger partial charge in [0.05, 0.1) is 94.0 Å². The lowest BCUT2D eigenvalue weighted by molar-refractivity contribution is -0.118. The molecule has 4 aliphatic carbocycles. The van der Waals surface area contributed by atoms with Crippen LogP contribution in [-0.4, -0.2) is 132 Å². The molecule has 16 rings (SSSR count). The summed E-state index contributed by atoms with van der Waals surface area (Å²) in [6.07, 6.45) is 25.5. The summed E-state index contributed by atoms with van der Waals surface area (Å²) in [6, 6.07) is 13.1. The van der Waals surface area contributed by atoms with Crippen LogP contribution in [0.5, 0.6) is 17.2 Å². The zero-order valence-corrected chi connectivity index (χ0v) is 57.8. The Bertz CT molecular complexity index is 4370. The fraction of sp³-hybridized carbons (Fsp3) is 0.560. The van der Waals surface area contributed by atoms with E-state index in [1.807, 2.05) is 63.1 Å². The Morgan fingerprint density at radius 3 is 1.43 bits per heavy atom. The molecule has 0 bridgehead atoms. The molecule has 96 heavy (non-hydrogen) atoms. The lowest BCUT2D eigenvalue weighted by atomic mass is 9.94. The first-order chi connectivity index (χ1) is 46.1. The van der Waals surface area contributed by atoms with Crippen LogP contribution in [0.1, 0.15) is 160 Å². The number of ether oxygens (including phenoxy) is 6. The number of carbonyl (C=O) groups is 3. The quantitative estimate of drug-likeness (QED) is 0.0880. The Balaban J connectivity index is 0.000000124. The SMILES string of the molecule is Cc1c2c(O[C@H](C)[C@H]3CCC(=O)C3)cc(-c3cnn(CC4CC4)c3)cc2nn1C.Cc1c2c(O[C@H](C)[C@H]3CCC(=O)C3)cc(-c3cnn([C@@H]4CCOC(C)(C)C4)c3)cc2nn1C.Cc1c2c(O[C@H](C)[C@H]3CCC(=O)C3)cc(-c3cnn([C@H]4CO[C@@H]5CCCO[C@@H]54)c3)cc2nn1C. The van der Waals surface area contributed by atoms with Gasteiger partial charge in [-0.25, -0.2) is 0 Å². The summed E-state index contributed by atoms with van der Waals surface area (Å²) in [5.74, 6) is 5.15. The number of aromatic nitrogens is 12. The van der Waals surface area contributed by atoms with Crippen LogP contribution in [0, 0.1) is 44.4 Å². The molecule has 508 valence electrons. The lowest BCUT2D eigenvalue weighted by Crippen LogP contribution is -2.35. The first kappa shape index (κ1) is 65.3. The third kappa shape index (κ3) is 13.7. The molecular weight excluding hydrogens is 1210 g/mol. The van der Waals surface area contributed by atoms with Gasteiger partial charge in [-0.15, -0.1) is 0 Å². The van der Waals surface area contributed by atoms with Gasteiger partial charge in [0.1, 0.15) is 46.7 Å². The molecular formula is C75H94N12O9. The number of hydrogen-bond donors (Lipinski definition) is 0. The summed E-state index contributed by atoms with van der Waals surface area (Å²) in [6.45, 7) is 19.9. The first-order valence-corrected chi connectivity index (χ1v) is 35.1. The van der Waals surface area contributed by atoms with E-state index in [2.05, 4.69) is 125 Å². The summed E-state index contributed by atoms with van der Waals surface area (Å²) in [5, 5.41) is 31.2. The number of hydrogen-bond acceptors (Lipinski definition) is 15. The van der Waals surface area contributed by atoms with Gasteiger partial charge < -0.3 is 28.4 Å². The summed E-state index contributed by atoms with van der Waals surface area (Å²) >= 11 is 0. The molecule has 3 aromatic carbocycles. The Kier molecular flexibility index (Phi) is 18.2. The van der Waals surface area contributed by atoms with E-state index in [9.17, 15) is 14.4 Å². The smallest absolute Gasteiger partial charge is 0.133 e. The van der Waals surface area contributed by atoms with E-state index < -0.39 is 0 Å². The largest absolute Gasteiger partial charge is 0.490 e. The molecule has 21 nitrogen and oxygen atoms in total. The lowest BCUT2D eigenvalue weighted by Gasteiger charge is -2.35. The normalized spacial score (nSPS) is 24.3. The predicted molar refractivity (Wildman–Crippen MR) is 366 cm³/mol. The monoisotopic (exact) mass is 1310 g/mol. The molecule has 3 saturated heterocycles. The topological polar surface area (TPSA) is 214 Å². The number of aryl methyl sites for hydroxylation is 6. The minimum absolute atomic E-state index is 0.00269. The van der Waals surface area contributed by atoms with Crippen molar-refractivity contribution in [3.05, 3.63) is 90.7 Å². The van der Waals surface area contributed by atoms with Crippen molar-refractivity contribution in [1.82, 2.24) is 58.7 Å². The van der Waals surface area contributed by atoms with Crippen molar-refractivity contribution in [2.45, 2.75) is 206 Å². The summed E-state index contributed by atoms with van der Waals surface area (Å²) < 4.78 is 49.2. The van der Waals surface area contributed by atoms with Crippen molar-refractivity contribution in [1.29, 1.82) is 0 Å². The molecule has 9 heterocycles. The highest BCUT2D eigenvalue weighted by atomic mass is 16.6. The van der Waals surface area contributed by atoms with E-state index in [4.69, 9.17) is 48.8 Å². The van der Waals surface area contributed by atoms with Crippen molar-refractivity contribution < 1.29 is 42.8 Å². The summed E-state index contributed by atoms with van der Waals surface area (Å²) in [4.78, 5) is 35.4. The molecule has 0 amide bonds. The zero-order valence-electron chi connectivity index (χ0n) is 57.8. The fourth-order valence-corrected chi connectivity index (χ4v) is 15.5. The molecule has 10 atom stereocenters. The zero-order chi connectivity index (χ0) is 66.8. The average Bonchev–Trinajstić information content (AvgIpc) is 1.63. The number of carbonyl (C=O) groups excluding carboxylic acids is 3. The van der Waals surface area contributed by atoms with Crippen LogP contribution in [0.25, 0.3) is 66.1 Å². The highest BCUT2D eigenvalue weighted by Gasteiger charge is 2.42. The third-order valence-electron chi connectivity index (χ3n) is 21.9. The molecule has 0 N–H and O–H groups in total. The van der Waals surface area contributed by atoms with E-state index >= 15 is 0 Å². The van der Waals surface area contributed by atoms with Gasteiger partial charge >= 0.3 is 0 Å². The Hall–Kier alpha value is -8.01. The van der Waals surface area contributed by atoms with Crippen molar-refractivity contribution in [2.24, 2.45) is 44.8 Å². The van der Waals surface area contributed by atoms with Crippen LogP contribution in [-0.2, 0) is 56.3 Å². The minimum Gasteiger partial charge on any atom is -0.490 e. The number of rotatable bonds is 16. The molecule has 4 saturated carbocycles. The summed E-state index contributed by atoms with van der Waals surface area (Å²) in [7, 11) is 5.88. The molecule has 7 aliphatic rings. The second kappa shape index (κ2) is 26.8. The van der Waals surface area contributed by atoms with E-state index in [1.54, 1.807) is 0 Å². The third-order valence-corrected chi connectivity index (χ3v) is 21.9. The molecule has 21 heteroatoms. The number of ketones is 3. The maximum Gasteiger partial charge on any atom is 0.133 e. The van der Waals surface area contributed by atoms with Gasteiger partial charge in [0, 0.05) is 150 Å². The van der Waals surface area contributed by atoms with Gasteiger partial charge in [0.25, 0.3) is 0 Å². The minimum atomic E-state index is -0.127. The van der Waals surface area contributed by atoms with Gasteiger partial charge in [0.15, 0.2) is 0 Å². The average molecular weight is 1310 g/mol. The van der Waals surface area contributed by atoms with Gasteiger partial charge in [-0.2, -0.15) is 30.6 Å². The Morgan fingerprint density at radius 2 is 0.979 bits per heavy atom. The molecule has 6 aromatic heterocycles. The molecule has 0 spiro atoms. The number of nitrogens with zero attached hydrogens (tertiary/aromatic N) is 12. The van der Waals surface area contributed by atoms with Crippen LogP contribution in [0.3, 0.4) is 0 Å². The molecule has 7 fully saturated rings. The van der Waals surface area contributed by atoms with Crippen LogP contribution < -0.4 is 14.2 Å². The first-order valence-electron chi connectivity index (χ1n) is 35.1. The standard InChI is InChI=1S/C26H32N4O4.C26H34N4O3.C23H28N4O2/c1-15-25-21(28-29(15)3)10-18(11-24(25)34-16(2)17-6-7-20(31)9-17)19-12-27-30(13-19)22-14-33-23-5-4-8-32-26(22)23;1-16-25-23(28-29(16)5)11-19(12-24(25)33-17(2)18-6-7-22(31)10-18)20-14-27-30(15-20)21-8-9-32-26(3,4)13-21;1-14-23-21(25-26(14)3)9-18(19-11-24-27(13-19)12-16-4-5-16)10-22(23)29-15(2)17-6-7-20(28)8-17/h10-13,16-17,22-23,26H,4-9,14H2,1-3H3;11-12,14-15,17-18,21H,6-10,13H2,1-5H3;9-11,13,15-17H,4-8,12H2,1-3H3/t16-,17+,22+,23-,26-;17-,18+,21-;15-,17+/m111/s1. The van der Waals surface area contributed by atoms with Gasteiger partial charge in [0.2, 0.25) is 0 Å². The maximum atomic E-state index is 11.8. The maximum absolute atomic E-state index is 11.8. The molecule has 3 aliphatic heterocycles. The second-order valence-corrected chi connectivity index (χ2v) is 29.3. The van der Waals surface area contributed by atoms with E-state index in [1.165, 1.54) is 12.8 Å². The Labute approximate surface area is 561 Å². The van der Waals surface area contributed by atoms with Gasteiger partial charge in [-0.3, -0.25) is 42.5 Å². The molecule has 0 unspecified atom stereocenters. The van der Waals surface area contributed by atoms with Crippen LogP contribution in [0.2, 0.25) is 0 Å². The van der Waals surface area contributed by atoms with Gasteiger partial charge in [-0.1, -0.05) is 0 Å². The summed E-state index contributed by atoms with van der Waals surface area (Å²) in [5.41, 5.74) is 12.1. The van der Waals surface area contributed by atoms with Crippen molar-refractivity contribution in [3.8, 4) is 50.6 Å². The second-order valence-electron chi connectivity index (χ2n) is 29.3. The van der Waals surface area contributed by atoms with Crippen molar-refractivity contribution >= 4 is 50.1 Å². The molecule has 0 radical (unpaired) electrons. The highest BCUT2D eigenvalue weighted by molar-refractivity contribution is 5.94. The Morgan fingerprint density at radius 1 is 0.531 bits per heavy atom. The highest BCUT2D eigenvalue weighted by Crippen LogP contribution is 2.43. The predicted octanol–water partition coefficient (Wildman–Crippen LogP) is 13.3. The van der Waals surface area contributed by atoms with E-state index in [0.29, 0.717) is 74.4 Å². The van der Waals surface area contributed by atoms with Crippen LogP contribution in [0.4, 0.5) is 0 Å². The van der Waals surface area contributed by atoms with Crippen molar-refractivity contribution in [2.75, 3.05) is 19.8 Å². The van der Waals surface area contributed by atoms with Crippen LogP contribution in [0.15, 0.2) is 73.6 Å². The fourth-order valence-electron chi connectivity index (χ4n) is 15.5. The van der Waals surface area contributed by atoms with Crippen molar-refractivity contribution in [3.63, 3.8) is 0 Å². The number of fused-ring (bicyclic) bond motifs is 4. The van der Waals surface area contributed by atoms with E-state index in [-0.39, 0.29) is 54.0 Å². The van der Waals surface area contributed by atoms with E-state index in [0.717, 1.165) is 171 Å². The van der Waals surface area contributed by atoms with Crippen LogP contribution >= 0.6 is 0 Å². The number of benzene rings is 3. The number of Topliss-reactive ketones (excluding diaryl/α,β-unsaturated/α-hetero) is 3. The molecule has 9 aromatic rings.